The number of nitrogens with one attached hydrogen (secondary N) is 2. The molecule has 2 aromatic rings. The molecule has 0 aliphatic rings. The lowest BCUT2D eigenvalue weighted by molar-refractivity contribution is -0.137. The van der Waals surface area contributed by atoms with Crippen LogP contribution in [0.5, 0.6) is 0 Å². The molecule has 1 amide bonds. The van der Waals surface area contributed by atoms with Crippen molar-refractivity contribution in [2.45, 2.75) is 13.1 Å². The summed E-state index contributed by atoms with van der Waals surface area (Å²) in [5.74, 6) is 0.202. The Morgan fingerprint density at radius 3 is 2.68 bits per heavy atom. The van der Waals surface area contributed by atoms with E-state index in [1.165, 1.54) is 6.07 Å². The first-order valence-electron chi connectivity index (χ1n) is 6.09. The fourth-order valence-corrected chi connectivity index (χ4v) is 1.85. The Hall–Kier alpha value is -2.22. The molecule has 0 atom stereocenters. The zero-order valence-corrected chi connectivity index (χ0v) is 12.0. The quantitative estimate of drug-likeness (QED) is 0.895. The minimum absolute atomic E-state index is 0.0680. The van der Waals surface area contributed by atoms with Crippen LogP contribution in [0.4, 0.5) is 24.7 Å². The smallest absolute Gasteiger partial charge is 0.360 e. The maximum absolute atomic E-state index is 12.9. The molecule has 9 heteroatoms. The van der Waals surface area contributed by atoms with Gasteiger partial charge in [0.05, 0.1) is 17.8 Å². The summed E-state index contributed by atoms with van der Waals surface area (Å²) in [6.45, 7) is 1.41. The standard InChI is InChI=1S/C13H11ClF3N3O2/c1-7-4-11(20-22-7)18-6-12(21)19-10-3-2-8(14)5-9(10)13(15,16)17/h2-5H,6H2,1H3,(H,18,20)(H,19,21). The van der Waals surface area contributed by atoms with Crippen molar-refractivity contribution in [1.82, 2.24) is 5.16 Å². The molecule has 0 saturated heterocycles. The molecule has 0 fully saturated rings. The number of benzene rings is 1. The topological polar surface area (TPSA) is 67.2 Å². The Balaban J connectivity index is 2.05. The molecular formula is C13H11ClF3N3O2. The molecule has 1 aromatic heterocycles. The number of halogens is 4. The van der Waals surface area contributed by atoms with E-state index in [-0.39, 0.29) is 17.3 Å². The van der Waals surface area contributed by atoms with E-state index in [0.717, 1.165) is 12.1 Å². The van der Waals surface area contributed by atoms with Crippen LogP contribution < -0.4 is 10.6 Å². The van der Waals surface area contributed by atoms with Crippen molar-refractivity contribution in [3.8, 4) is 0 Å². The van der Waals surface area contributed by atoms with Gasteiger partial charge in [-0.2, -0.15) is 13.2 Å². The second-order valence-corrected chi connectivity index (χ2v) is 4.85. The molecule has 118 valence electrons. The summed E-state index contributed by atoms with van der Waals surface area (Å²) < 4.78 is 43.4. The van der Waals surface area contributed by atoms with E-state index in [2.05, 4.69) is 15.8 Å². The number of rotatable bonds is 4. The van der Waals surface area contributed by atoms with E-state index in [1.807, 2.05) is 0 Å². The number of carbonyl (C=O) groups is 1. The van der Waals surface area contributed by atoms with Crippen molar-refractivity contribution in [3.05, 3.63) is 40.6 Å². The molecule has 2 rings (SSSR count). The van der Waals surface area contributed by atoms with Crippen molar-refractivity contribution in [2.24, 2.45) is 0 Å². The number of hydrogen-bond acceptors (Lipinski definition) is 4. The van der Waals surface area contributed by atoms with Gasteiger partial charge in [0.2, 0.25) is 5.91 Å². The van der Waals surface area contributed by atoms with Crippen molar-refractivity contribution in [1.29, 1.82) is 0 Å². The Labute approximate surface area is 128 Å². The fraction of sp³-hybridized carbons (Fsp3) is 0.231. The molecule has 0 aliphatic carbocycles. The minimum atomic E-state index is -4.62. The maximum Gasteiger partial charge on any atom is 0.418 e. The number of carbonyl (C=O) groups excluding carboxylic acids is 1. The van der Waals surface area contributed by atoms with Crippen molar-refractivity contribution in [3.63, 3.8) is 0 Å². The highest BCUT2D eigenvalue weighted by molar-refractivity contribution is 6.30. The van der Waals surface area contributed by atoms with Gasteiger partial charge in [-0.05, 0) is 25.1 Å². The highest BCUT2D eigenvalue weighted by Crippen LogP contribution is 2.36. The molecule has 0 spiro atoms. The second-order valence-electron chi connectivity index (χ2n) is 4.41. The first kappa shape index (κ1) is 16.2. The third kappa shape index (κ3) is 4.14. The SMILES string of the molecule is Cc1cc(NCC(=O)Nc2ccc(Cl)cc2C(F)(F)F)no1. The molecule has 22 heavy (non-hydrogen) atoms. The molecule has 0 radical (unpaired) electrons. The fourth-order valence-electron chi connectivity index (χ4n) is 1.67. The predicted molar refractivity (Wildman–Crippen MR) is 74.8 cm³/mol. The van der Waals surface area contributed by atoms with E-state index >= 15 is 0 Å². The summed E-state index contributed by atoms with van der Waals surface area (Å²) in [5.41, 5.74) is -1.37. The third-order valence-corrected chi connectivity index (χ3v) is 2.85. The number of amides is 1. The first-order valence-corrected chi connectivity index (χ1v) is 6.47. The summed E-state index contributed by atoms with van der Waals surface area (Å²) in [7, 11) is 0. The summed E-state index contributed by atoms with van der Waals surface area (Å²) in [6.07, 6.45) is -4.62. The van der Waals surface area contributed by atoms with Crippen LogP contribution in [0.2, 0.25) is 5.02 Å². The van der Waals surface area contributed by atoms with Gasteiger partial charge in [0.25, 0.3) is 0 Å². The Kier molecular flexibility index (Phi) is 4.60. The van der Waals surface area contributed by atoms with Gasteiger partial charge >= 0.3 is 6.18 Å². The molecule has 1 heterocycles. The lowest BCUT2D eigenvalue weighted by Crippen LogP contribution is -2.23. The van der Waals surface area contributed by atoms with Gasteiger partial charge in [0.15, 0.2) is 5.82 Å². The normalized spacial score (nSPS) is 11.3. The Bertz CT molecular complexity index is 685. The van der Waals surface area contributed by atoms with Crippen LogP contribution in [0.3, 0.4) is 0 Å². The minimum Gasteiger partial charge on any atom is -0.360 e. The molecule has 0 aliphatic heterocycles. The number of nitrogens with zero attached hydrogens (tertiary/aromatic N) is 1. The monoisotopic (exact) mass is 333 g/mol. The molecule has 5 nitrogen and oxygen atoms in total. The van der Waals surface area contributed by atoms with Gasteiger partial charge in [-0.15, -0.1) is 0 Å². The van der Waals surface area contributed by atoms with Gasteiger partial charge in [0, 0.05) is 11.1 Å². The molecule has 0 unspecified atom stereocenters. The van der Waals surface area contributed by atoms with Crippen LogP contribution in [-0.2, 0) is 11.0 Å². The van der Waals surface area contributed by atoms with Crippen LogP contribution in [0.25, 0.3) is 0 Å². The van der Waals surface area contributed by atoms with Crippen LogP contribution in [0.1, 0.15) is 11.3 Å². The van der Waals surface area contributed by atoms with E-state index < -0.39 is 17.6 Å². The van der Waals surface area contributed by atoms with Crippen LogP contribution in [0.15, 0.2) is 28.8 Å². The number of alkyl halides is 3. The lowest BCUT2D eigenvalue weighted by atomic mass is 10.1. The number of hydrogen-bond donors (Lipinski definition) is 2. The number of aryl methyl sites for hydroxylation is 1. The molecule has 0 bridgehead atoms. The number of anilines is 2. The van der Waals surface area contributed by atoms with Crippen LogP contribution in [0, 0.1) is 6.92 Å². The average Bonchev–Trinajstić information content (AvgIpc) is 2.83. The first-order chi connectivity index (χ1) is 10.3. The van der Waals surface area contributed by atoms with Gasteiger partial charge in [-0.3, -0.25) is 4.79 Å². The van der Waals surface area contributed by atoms with E-state index in [0.29, 0.717) is 11.6 Å². The predicted octanol–water partition coefficient (Wildman–Crippen LogP) is 3.71. The van der Waals surface area contributed by atoms with Gasteiger partial charge < -0.3 is 15.2 Å². The highest BCUT2D eigenvalue weighted by Gasteiger charge is 2.34. The van der Waals surface area contributed by atoms with E-state index in [4.69, 9.17) is 16.1 Å². The molecular weight excluding hydrogens is 323 g/mol. The van der Waals surface area contributed by atoms with Crippen LogP contribution in [-0.4, -0.2) is 17.6 Å². The van der Waals surface area contributed by atoms with Gasteiger partial charge in [0.1, 0.15) is 5.76 Å². The van der Waals surface area contributed by atoms with Crippen molar-refractivity contribution >= 4 is 29.0 Å². The summed E-state index contributed by atoms with van der Waals surface area (Å²) >= 11 is 5.56. The van der Waals surface area contributed by atoms with Gasteiger partial charge in [-0.25, -0.2) is 0 Å². The second kappa shape index (κ2) is 6.27. The summed E-state index contributed by atoms with van der Waals surface area (Å²) in [6, 6.07) is 4.67. The zero-order valence-electron chi connectivity index (χ0n) is 11.3. The Morgan fingerprint density at radius 2 is 2.09 bits per heavy atom. The largest absolute Gasteiger partial charge is 0.418 e. The molecule has 1 aromatic carbocycles. The van der Waals surface area contributed by atoms with Crippen molar-refractivity contribution < 1.29 is 22.5 Å². The lowest BCUT2D eigenvalue weighted by Gasteiger charge is -2.14. The highest BCUT2D eigenvalue weighted by atomic mass is 35.5. The Morgan fingerprint density at radius 1 is 1.36 bits per heavy atom. The summed E-state index contributed by atoms with van der Waals surface area (Å²) in [4.78, 5) is 11.7. The maximum atomic E-state index is 12.9. The zero-order chi connectivity index (χ0) is 16.3. The average molecular weight is 334 g/mol. The van der Waals surface area contributed by atoms with Crippen molar-refractivity contribution in [2.75, 3.05) is 17.2 Å². The van der Waals surface area contributed by atoms with Crippen LogP contribution >= 0.6 is 11.6 Å². The molecule has 2 N–H and O–H groups in total. The van der Waals surface area contributed by atoms with E-state index in [9.17, 15) is 18.0 Å². The molecule has 0 saturated carbocycles. The summed E-state index contributed by atoms with van der Waals surface area (Å²) in [5, 5.41) is 8.35. The third-order valence-electron chi connectivity index (χ3n) is 2.62. The van der Waals surface area contributed by atoms with E-state index in [1.54, 1.807) is 13.0 Å². The number of aromatic nitrogens is 1. The van der Waals surface area contributed by atoms with Gasteiger partial charge in [-0.1, -0.05) is 16.8 Å².